The van der Waals surface area contributed by atoms with Crippen LogP contribution in [0.5, 0.6) is 0 Å². The second-order valence-corrected chi connectivity index (χ2v) is 9.91. The number of nitrogens with zero attached hydrogens (tertiary/aromatic N) is 4. The van der Waals surface area contributed by atoms with E-state index in [1.54, 1.807) is 18.0 Å². The number of aliphatic imine (C=N–C) groups is 1. The zero-order chi connectivity index (χ0) is 24.7. The molecule has 1 amide bonds. The summed E-state index contributed by atoms with van der Waals surface area (Å²) in [6, 6.07) is 1.95. The number of aliphatic hydroxyl groups excluding tert-OH is 1. The van der Waals surface area contributed by atoms with Gasteiger partial charge in [0.2, 0.25) is 5.91 Å². The molecule has 2 unspecified atom stereocenters. The average Bonchev–Trinajstić information content (AvgIpc) is 3.64. The quantitative estimate of drug-likeness (QED) is 0.289. The van der Waals surface area contributed by atoms with E-state index in [0.717, 1.165) is 39.8 Å². The fraction of sp³-hybridized carbons (Fsp3) is 0.560. The van der Waals surface area contributed by atoms with Crippen molar-refractivity contribution in [2.45, 2.75) is 70.1 Å². The lowest BCUT2D eigenvalue weighted by molar-refractivity contribution is -0.132. The molecular weight excluding hydrogens is 448 g/mol. The van der Waals surface area contributed by atoms with E-state index in [4.69, 9.17) is 0 Å². The maximum atomic E-state index is 12.3. The lowest BCUT2D eigenvalue weighted by atomic mass is 9.95. The summed E-state index contributed by atoms with van der Waals surface area (Å²) in [5, 5.41) is 16.9. The number of aliphatic hydroxyl groups is 1. The van der Waals surface area contributed by atoms with E-state index in [-0.39, 0.29) is 11.8 Å². The third-order valence-corrected chi connectivity index (χ3v) is 7.31. The summed E-state index contributed by atoms with van der Waals surface area (Å²) in [5.74, 6) is 2.38. The lowest BCUT2D eigenvalue weighted by Gasteiger charge is -2.22. The SMILES string of the molecule is C=Nc1c(SCc2c(C)nc(C)nc2NCCC(CC)C(O)C(=O)NCC2CC2)ccnc1C. The van der Waals surface area contributed by atoms with Crippen molar-refractivity contribution in [2.75, 3.05) is 18.4 Å². The molecule has 3 N–H and O–H groups in total. The second kappa shape index (κ2) is 12.3. The van der Waals surface area contributed by atoms with Crippen molar-refractivity contribution in [1.29, 1.82) is 0 Å². The average molecular weight is 485 g/mol. The Hall–Kier alpha value is -2.52. The summed E-state index contributed by atoms with van der Waals surface area (Å²) in [6.07, 6.45) is 4.51. The van der Waals surface area contributed by atoms with Crippen molar-refractivity contribution < 1.29 is 9.90 Å². The number of pyridine rings is 1. The minimum atomic E-state index is -0.991. The highest BCUT2D eigenvalue weighted by atomic mass is 32.2. The van der Waals surface area contributed by atoms with Crippen LogP contribution in [0.4, 0.5) is 11.5 Å². The largest absolute Gasteiger partial charge is 0.383 e. The third-order valence-electron chi connectivity index (χ3n) is 6.24. The Morgan fingerprint density at radius 2 is 2.06 bits per heavy atom. The number of aromatic nitrogens is 3. The number of aryl methyl sites for hydroxylation is 3. The third kappa shape index (κ3) is 6.99. The minimum absolute atomic E-state index is 0.116. The highest BCUT2D eigenvalue weighted by Crippen LogP contribution is 2.35. The van der Waals surface area contributed by atoms with E-state index >= 15 is 0 Å². The summed E-state index contributed by atoms with van der Waals surface area (Å²) in [7, 11) is 0. The number of nitrogens with one attached hydrogen (secondary N) is 2. The van der Waals surface area contributed by atoms with Gasteiger partial charge in [-0.1, -0.05) is 13.3 Å². The van der Waals surface area contributed by atoms with Gasteiger partial charge in [-0.25, -0.2) is 9.97 Å². The van der Waals surface area contributed by atoms with E-state index in [1.165, 1.54) is 12.8 Å². The van der Waals surface area contributed by atoms with Crippen LogP contribution in [-0.4, -0.2) is 51.9 Å². The number of carbonyl (C=O) groups excluding carboxylic acids is 1. The van der Waals surface area contributed by atoms with Crippen LogP contribution in [0.15, 0.2) is 22.2 Å². The summed E-state index contributed by atoms with van der Waals surface area (Å²) in [4.78, 5) is 31.0. The molecule has 0 spiro atoms. The second-order valence-electron chi connectivity index (χ2n) is 8.89. The van der Waals surface area contributed by atoms with E-state index in [1.807, 2.05) is 33.8 Å². The van der Waals surface area contributed by atoms with Gasteiger partial charge in [-0.3, -0.25) is 14.8 Å². The topological polar surface area (TPSA) is 112 Å². The number of hydrogen-bond acceptors (Lipinski definition) is 8. The van der Waals surface area contributed by atoms with Crippen LogP contribution >= 0.6 is 11.8 Å². The molecule has 3 rings (SSSR count). The van der Waals surface area contributed by atoms with Gasteiger partial charge in [0.25, 0.3) is 0 Å². The maximum Gasteiger partial charge on any atom is 0.249 e. The molecule has 184 valence electrons. The first-order valence-electron chi connectivity index (χ1n) is 11.9. The number of carbonyl (C=O) groups is 1. The summed E-state index contributed by atoms with van der Waals surface area (Å²) >= 11 is 1.65. The maximum absolute atomic E-state index is 12.3. The predicted octanol–water partition coefficient (Wildman–Crippen LogP) is 4.14. The Morgan fingerprint density at radius 1 is 1.29 bits per heavy atom. The molecule has 1 aliphatic rings. The minimum Gasteiger partial charge on any atom is -0.383 e. The normalized spacial score (nSPS) is 15.0. The molecule has 0 saturated heterocycles. The molecule has 2 heterocycles. The van der Waals surface area contributed by atoms with Gasteiger partial charge < -0.3 is 15.7 Å². The van der Waals surface area contributed by atoms with Crippen LogP contribution in [0, 0.1) is 32.6 Å². The molecule has 0 radical (unpaired) electrons. The monoisotopic (exact) mass is 484 g/mol. The molecule has 2 aromatic rings. The van der Waals surface area contributed by atoms with E-state index in [2.05, 4.69) is 37.3 Å². The Kier molecular flexibility index (Phi) is 9.41. The molecule has 0 aromatic carbocycles. The summed E-state index contributed by atoms with van der Waals surface area (Å²) < 4.78 is 0. The molecule has 0 bridgehead atoms. The van der Waals surface area contributed by atoms with E-state index < -0.39 is 6.10 Å². The molecule has 1 fully saturated rings. The zero-order valence-corrected chi connectivity index (χ0v) is 21.4. The number of anilines is 1. The predicted molar refractivity (Wildman–Crippen MR) is 138 cm³/mol. The highest BCUT2D eigenvalue weighted by molar-refractivity contribution is 7.98. The van der Waals surface area contributed by atoms with Crippen LogP contribution in [0.1, 0.15) is 55.4 Å². The van der Waals surface area contributed by atoms with Crippen molar-refractivity contribution in [3.63, 3.8) is 0 Å². The zero-order valence-electron chi connectivity index (χ0n) is 20.6. The van der Waals surface area contributed by atoms with Crippen molar-refractivity contribution in [3.05, 3.63) is 35.0 Å². The van der Waals surface area contributed by atoms with Crippen molar-refractivity contribution in [1.82, 2.24) is 20.3 Å². The Bertz CT molecular complexity index is 1010. The van der Waals surface area contributed by atoms with Gasteiger partial charge in [0, 0.05) is 41.2 Å². The van der Waals surface area contributed by atoms with Crippen molar-refractivity contribution in [2.24, 2.45) is 16.8 Å². The van der Waals surface area contributed by atoms with Crippen LogP contribution in [0.3, 0.4) is 0 Å². The molecule has 1 saturated carbocycles. The van der Waals surface area contributed by atoms with Gasteiger partial charge in [0.05, 0.1) is 11.4 Å². The first kappa shape index (κ1) is 26.1. The van der Waals surface area contributed by atoms with Crippen molar-refractivity contribution >= 4 is 35.9 Å². The van der Waals surface area contributed by atoms with Crippen LogP contribution in [0.25, 0.3) is 0 Å². The van der Waals surface area contributed by atoms with E-state index in [9.17, 15) is 9.90 Å². The molecule has 9 heteroatoms. The first-order valence-corrected chi connectivity index (χ1v) is 12.9. The van der Waals surface area contributed by atoms with Crippen LogP contribution < -0.4 is 10.6 Å². The Labute approximate surface area is 206 Å². The Morgan fingerprint density at radius 3 is 2.74 bits per heavy atom. The van der Waals surface area contributed by atoms with Gasteiger partial charge in [0.15, 0.2) is 0 Å². The molecule has 0 aliphatic heterocycles. The summed E-state index contributed by atoms with van der Waals surface area (Å²) in [6.45, 7) is 12.8. The van der Waals surface area contributed by atoms with Gasteiger partial charge in [-0.15, -0.1) is 11.8 Å². The van der Waals surface area contributed by atoms with Gasteiger partial charge >= 0.3 is 0 Å². The number of hydrogen-bond donors (Lipinski definition) is 3. The molecule has 2 atom stereocenters. The van der Waals surface area contributed by atoms with Crippen LogP contribution in [0.2, 0.25) is 0 Å². The van der Waals surface area contributed by atoms with Crippen molar-refractivity contribution in [3.8, 4) is 0 Å². The lowest BCUT2D eigenvalue weighted by Crippen LogP contribution is -2.40. The fourth-order valence-corrected chi connectivity index (χ4v) is 5.05. The molecule has 34 heavy (non-hydrogen) atoms. The Balaban J connectivity index is 1.63. The number of rotatable bonds is 13. The van der Waals surface area contributed by atoms with Crippen LogP contribution in [-0.2, 0) is 10.5 Å². The fourth-order valence-electron chi connectivity index (χ4n) is 3.90. The molecule has 2 aromatic heterocycles. The van der Waals surface area contributed by atoms with Gasteiger partial charge in [0.1, 0.15) is 17.7 Å². The standard InChI is InChI=1S/C25H36N6O2S/c1-6-19(23(32)25(33)29-13-18-7-8-18)9-11-28-24-20(15(2)30-17(4)31-24)14-34-21-10-12-27-16(3)22(21)26-5/h10,12,18-19,23,32H,5-9,11,13-14H2,1-4H3,(H,29,33)(H,28,30,31). The highest BCUT2D eigenvalue weighted by Gasteiger charge is 2.27. The number of amides is 1. The molecule has 1 aliphatic carbocycles. The number of thioether (sulfide) groups is 1. The molecular formula is C25H36N6O2S. The molecule has 8 nitrogen and oxygen atoms in total. The van der Waals surface area contributed by atoms with E-state index in [0.29, 0.717) is 37.0 Å². The smallest absolute Gasteiger partial charge is 0.249 e. The van der Waals surface area contributed by atoms with Gasteiger partial charge in [-0.2, -0.15) is 0 Å². The summed E-state index contributed by atoms with van der Waals surface area (Å²) in [5.41, 5.74) is 3.59. The first-order chi connectivity index (χ1) is 16.3. The van der Waals surface area contributed by atoms with Gasteiger partial charge in [-0.05, 0) is 64.7 Å².